The zero-order chi connectivity index (χ0) is 21.0. The van der Waals surface area contributed by atoms with E-state index in [1.54, 1.807) is 0 Å². The highest BCUT2D eigenvalue weighted by atomic mass is 79.9. The molecule has 0 aliphatic heterocycles. The normalized spacial score (nSPS) is 16.3. The van der Waals surface area contributed by atoms with Crippen LogP contribution in [0.3, 0.4) is 0 Å². The van der Waals surface area contributed by atoms with Crippen LogP contribution in [-0.4, -0.2) is 0 Å². The molecule has 4 aromatic carbocycles. The highest BCUT2D eigenvalue weighted by Crippen LogP contribution is 2.49. The van der Waals surface area contributed by atoms with Crippen molar-refractivity contribution in [2.45, 2.75) is 5.41 Å². The Morgan fingerprint density at radius 1 is 0.613 bits per heavy atom. The summed E-state index contributed by atoms with van der Waals surface area (Å²) in [5, 5.41) is 5.11. The van der Waals surface area contributed by atoms with Crippen LogP contribution >= 0.6 is 31.9 Å². The Hall–Kier alpha value is -2.68. The predicted molar refractivity (Wildman–Crippen MR) is 138 cm³/mol. The maximum absolute atomic E-state index is 3.86. The summed E-state index contributed by atoms with van der Waals surface area (Å²) in [6.45, 7) is 0. The summed E-state index contributed by atoms with van der Waals surface area (Å²) in [7, 11) is 0. The van der Waals surface area contributed by atoms with E-state index in [4.69, 9.17) is 0 Å². The number of hydrogen-bond donors (Lipinski definition) is 0. The van der Waals surface area contributed by atoms with Gasteiger partial charge in [-0.15, -0.1) is 0 Å². The van der Waals surface area contributed by atoms with Gasteiger partial charge in [-0.25, -0.2) is 0 Å². The molecule has 0 aromatic heterocycles. The van der Waals surface area contributed by atoms with Crippen molar-refractivity contribution in [3.63, 3.8) is 0 Å². The first-order valence-corrected chi connectivity index (χ1v) is 11.9. The van der Waals surface area contributed by atoms with Gasteiger partial charge in [-0.3, -0.25) is 0 Å². The number of allylic oxidation sites excluding steroid dienone is 4. The third-order valence-corrected chi connectivity index (χ3v) is 7.51. The number of hydrogen-bond acceptors (Lipinski definition) is 0. The van der Waals surface area contributed by atoms with Crippen molar-refractivity contribution in [3.8, 4) is 0 Å². The fraction of sp³-hybridized carbons (Fsp3) is 0.0345. The minimum absolute atomic E-state index is 0.380. The second-order valence-electron chi connectivity index (χ2n) is 8.05. The van der Waals surface area contributed by atoms with Gasteiger partial charge >= 0.3 is 0 Å². The van der Waals surface area contributed by atoms with Crippen LogP contribution < -0.4 is 10.4 Å². The molecule has 0 fully saturated rings. The molecule has 6 rings (SSSR count). The van der Waals surface area contributed by atoms with E-state index in [-0.39, 0.29) is 5.41 Å². The van der Waals surface area contributed by atoms with Gasteiger partial charge in [0.05, 0.1) is 5.41 Å². The van der Waals surface area contributed by atoms with Crippen LogP contribution in [0, 0.1) is 0 Å². The van der Waals surface area contributed by atoms with Gasteiger partial charge in [0.15, 0.2) is 0 Å². The largest absolute Gasteiger partial charge is 0.0657 e. The summed E-state index contributed by atoms with van der Waals surface area (Å²) >= 11 is 7.70. The molecule has 148 valence electrons. The molecule has 2 aliphatic carbocycles. The van der Waals surface area contributed by atoms with Crippen LogP contribution in [0.15, 0.2) is 118 Å². The van der Waals surface area contributed by atoms with Crippen LogP contribution in [0.4, 0.5) is 0 Å². The Morgan fingerprint density at radius 2 is 1.19 bits per heavy atom. The third-order valence-electron chi connectivity index (χ3n) is 6.39. The topological polar surface area (TPSA) is 0 Å². The van der Waals surface area contributed by atoms with Crippen molar-refractivity contribution in [2.24, 2.45) is 0 Å². The molecule has 0 heterocycles. The van der Waals surface area contributed by atoms with E-state index in [9.17, 15) is 0 Å². The van der Waals surface area contributed by atoms with E-state index in [1.807, 2.05) is 0 Å². The standard InChI is InChI=1S/C29H18Br2/c30-22-15-19-16-25-23-13-7-8-14-24(23)27(31)17-26(25)28(19)29(18-22,20-9-3-1-4-10-20)21-11-5-2-6-12-21/h1-18H. The van der Waals surface area contributed by atoms with Crippen LogP contribution in [0.1, 0.15) is 11.1 Å². The van der Waals surface area contributed by atoms with E-state index in [0.717, 1.165) is 8.96 Å². The van der Waals surface area contributed by atoms with Crippen LogP contribution in [0.2, 0.25) is 0 Å². The fourth-order valence-electron chi connectivity index (χ4n) is 5.15. The Balaban J connectivity index is 1.84. The SMILES string of the molecule is BrC1=CC(c2ccccc2)(c2ccccc2)C2=c3cc(Br)c4ccccc4c3=CC2=C1. The average molecular weight is 526 g/mol. The van der Waals surface area contributed by atoms with Gasteiger partial charge in [0.25, 0.3) is 0 Å². The number of halogens is 2. The Kier molecular flexibility index (Phi) is 4.41. The van der Waals surface area contributed by atoms with Gasteiger partial charge in [0.1, 0.15) is 0 Å². The fourth-order valence-corrected chi connectivity index (χ4v) is 6.31. The van der Waals surface area contributed by atoms with Crippen molar-refractivity contribution in [1.82, 2.24) is 0 Å². The molecule has 0 nitrogen and oxygen atoms in total. The van der Waals surface area contributed by atoms with Crippen molar-refractivity contribution in [3.05, 3.63) is 139 Å². The first kappa shape index (κ1) is 19.0. The highest BCUT2D eigenvalue weighted by Gasteiger charge is 2.41. The van der Waals surface area contributed by atoms with Gasteiger partial charge in [0, 0.05) is 8.96 Å². The van der Waals surface area contributed by atoms with Gasteiger partial charge < -0.3 is 0 Å². The third kappa shape index (κ3) is 2.78. The lowest BCUT2D eigenvalue weighted by Gasteiger charge is -2.37. The van der Waals surface area contributed by atoms with Gasteiger partial charge in [0.2, 0.25) is 0 Å². The van der Waals surface area contributed by atoms with Crippen LogP contribution in [0.5, 0.6) is 0 Å². The lowest BCUT2D eigenvalue weighted by Crippen LogP contribution is -2.35. The molecule has 0 saturated heterocycles. The Morgan fingerprint density at radius 3 is 1.84 bits per heavy atom. The van der Waals surface area contributed by atoms with E-state index in [0.29, 0.717) is 0 Å². The van der Waals surface area contributed by atoms with E-state index < -0.39 is 0 Å². The summed E-state index contributed by atoms with van der Waals surface area (Å²) in [5.74, 6) is 0. The van der Waals surface area contributed by atoms with Crippen LogP contribution in [0.25, 0.3) is 22.4 Å². The smallest absolute Gasteiger partial charge is 0.0622 e. The number of benzene rings is 4. The van der Waals surface area contributed by atoms with Crippen molar-refractivity contribution >= 4 is 54.3 Å². The molecule has 2 heteroatoms. The number of fused-ring (bicyclic) bond motifs is 4. The average Bonchev–Trinajstić information content (AvgIpc) is 3.18. The van der Waals surface area contributed by atoms with Gasteiger partial charge in [-0.05, 0) is 61.7 Å². The van der Waals surface area contributed by atoms with E-state index >= 15 is 0 Å². The molecular formula is C29H18Br2. The minimum atomic E-state index is -0.380. The molecule has 0 spiro atoms. The Labute approximate surface area is 198 Å². The summed E-state index contributed by atoms with van der Waals surface area (Å²) in [5.41, 5.74) is 4.76. The molecule has 31 heavy (non-hydrogen) atoms. The molecule has 4 aromatic rings. The van der Waals surface area contributed by atoms with Crippen LogP contribution in [-0.2, 0) is 5.41 Å². The first-order chi connectivity index (χ1) is 15.2. The molecule has 0 atom stereocenters. The zero-order valence-corrected chi connectivity index (χ0v) is 19.8. The van der Waals surface area contributed by atoms with Gasteiger partial charge in [-0.1, -0.05) is 123 Å². The molecule has 0 radical (unpaired) electrons. The van der Waals surface area contributed by atoms with Crippen molar-refractivity contribution in [2.75, 3.05) is 0 Å². The zero-order valence-electron chi connectivity index (χ0n) is 16.6. The Bertz CT molecular complexity index is 1490. The lowest BCUT2D eigenvalue weighted by atomic mass is 9.65. The maximum atomic E-state index is 3.86. The monoisotopic (exact) mass is 524 g/mol. The molecular weight excluding hydrogens is 508 g/mol. The number of rotatable bonds is 2. The van der Waals surface area contributed by atoms with Crippen molar-refractivity contribution in [1.29, 1.82) is 0 Å². The predicted octanol–water partition coefficient (Wildman–Crippen LogP) is 6.75. The van der Waals surface area contributed by atoms with Crippen molar-refractivity contribution < 1.29 is 0 Å². The van der Waals surface area contributed by atoms with Gasteiger partial charge in [-0.2, -0.15) is 0 Å². The van der Waals surface area contributed by atoms with E-state index in [1.165, 1.54) is 43.5 Å². The molecule has 0 amide bonds. The lowest BCUT2D eigenvalue weighted by molar-refractivity contribution is 0.829. The molecule has 0 N–H and O–H groups in total. The first-order valence-electron chi connectivity index (χ1n) is 10.3. The summed E-state index contributed by atoms with van der Waals surface area (Å²) in [6, 6.07) is 32.6. The summed E-state index contributed by atoms with van der Waals surface area (Å²) in [4.78, 5) is 0. The second-order valence-corrected chi connectivity index (χ2v) is 9.82. The quantitative estimate of drug-likeness (QED) is 0.271. The van der Waals surface area contributed by atoms with E-state index in [2.05, 4.69) is 141 Å². The molecule has 0 unspecified atom stereocenters. The molecule has 0 bridgehead atoms. The summed E-state index contributed by atoms with van der Waals surface area (Å²) < 4.78 is 2.24. The summed E-state index contributed by atoms with van der Waals surface area (Å²) in [6.07, 6.45) is 6.97. The highest BCUT2D eigenvalue weighted by molar-refractivity contribution is 9.12. The molecule has 0 saturated carbocycles. The second kappa shape index (κ2) is 7.19. The maximum Gasteiger partial charge on any atom is 0.0657 e. The molecule has 2 aliphatic rings. The minimum Gasteiger partial charge on any atom is -0.0622 e.